The molecular weight excluding hydrogens is 260 g/mol. The topological polar surface area (TPSA) is 27.1 Å². The van der Waals surface area contributed by atoms with E-state index in [4.69, 9.17) is 4.74 Å². The molecule has 0 amide bonds. The molecule has 1 heterocycles. The first-order valence-electron chi connectivity index (χ1n) is 7.95. The van der Waals surface area contributed by atoms with Crippen molar-refractivity contribution in [3.8, 4) is 0 Å². The molecule has 3 nitrogen and oxygen atoms in total. The molecule has 3 fully saturated rings. The summed E-state index contributed by atoms with van der Waals surface area (Å²) in [6.07, 6.45) is 6.40. The van der Waals surface area contributed by atoms with Crippen LogP contribution in [0.5, 0.6) is 0 Å². The van der Waals surface area contributed by atoms with E-state index in [1.807, 2.05) is 6.07 Å². The molecule has 3 saturated carbocycles. The van der Waals surface area contributed by atoms with Crippen LogP contribution in [0, 0.1) is 18.8 Å². The molecule has 0 saturated heterocycles. The highest BCUT2D eigenvalue weighted by Crippen LogP contribution is 2.55. The van der Waals surface area contributed by atoms with Crippen molar-refractivity contribution < 1.29 is 4.74 Å². The van der Waals surface area contributed by atoms with Gasteiger partial charge in [0.1, 0.15) is 12.4 Å². The van der Waals surface area contributed by atoms with E-state index in [2.05, 4.69) is 46.9 Å². The molecule has 1 aromatic heterocycles. The molecular formula is C18H22N2O. The number of benzene rings is 1. The number of hydrogen-bond donors (Lipinski definition) is 0. The van der Waals surface area contributed by atoms with Crippen LogP contribution in [0.25, 0.3) is 0 Å². The quantitative estimate of drug-likeness (QED) is 0.832. The Morgan fingerprint density at radius 2 is 1.95 bits per heavy atom. The number of imidazole rings is 1. The number of fused-ring (bicyclic) bond motifs is 1. The minimum absolute atomic E-state index is 0.608. The summed E-state index contributed by atoms with van der Waals surface area (Å²) in [5.74, 6) is 2.96. The maximum atomic E-state index is 5.88. The number of aryl methyl sites for hydroxylation is 1. The summed E-state index contributed by atoms with van der Waals surface area (Å²) in [6, 6.07) is 11.0. The van der Waals surface area contributed by atoms with Gasteiger partial charge in [-0.1, -0.05) is 30.3 Å². The lowest BCUT2D eigenvalue weighted by Crippen LogP contribution is -2.18. The van der Waals surface area contributed by atoms with Gasteiger partial charge < -0.3 is 9.30 Å². The van der Waals surface area contributed by atoms with Gasteiger partial charge in [0.2, 0.25) is 0 Å². The standard InChI is InChI=1S/C18H22N2O/c1-13-10-20(17-9-15-7-16(17)8-15)18(19-13)12-21-11-14-5-3-2-4-6-14/h2-6,10,15-17H,7-9,11-12H2,1H3/t15?,16?,17-/m1/s1. The second-order valence-electron chi connectivity index (χ2n) is 6.58. The van der Waals surface area contributed by atoms with Crippen LogP contribution in [0.4, 0.5) is 0 Å². The van der Waals surface area contributed by atoms with Gasteiger partial charge in [-0.2, -0.15) is 0 Å². The highest BCUT2D eigenvalue weighted by Gasteiger charge is 2.45. The summed E-state index contributed by atoms with van der Waals surface area (Å²) in [5.41, 5.74) is 2.33. The third-order valence-electron chi connectivity index (χ3n) is 5.02. The Bertz CT molecular complexity index is 613. The van der Waals surface area contributed by atoms with Gasteiger partial charge in [0.25, 0.3) is 0 Å². The van der Waals surface area contributed by atoms with Gasteiger partial charge in [-0.05, 0) is 43.6 Å². The molecule has 1 aromatic carbocycles. The lowest BCUT2D eigenvalue weighted by Gasteiger charge is -2.25. The minimum atomic E-state index is 0.608. The lowest BCUT2D eigenvalue weighted by atomic mass is 9.84. The molecule has 0 aliphatic heterocycles. The van der Waals surface area contributed by atoms with Crippen LogP contribution in [-0.4, -0.2) is 9.55 Å². The fourth-order valence-corrected chi connectivity index (χ4v) is 3.96. The fourth-order valence-electron chi connectivity index (χ4n) is 3.96. The maximum Gasteiger partial charge on any atom is 0.135 e. The zero-order valence-electron chi connectivity index (χ0n) is 12.5. The van der Waals surface area contributed by atoms with E-state index in [0.717, 1.165) is 23.4 Å². The van der Waals surface area contributed by atoms with Gasteiger partial charge in [-0.15, -0.1) is 0 Å². The van der Waals surface area contributed by atoms with Crippen molar-refractivity contribution in [3.63, 3.8) is 0 Å². The third kappa shape index (κ3) is 2.51. The van der Waals surface area contributed by atoms with Crippen LogP contribution in [0.3, 0.4) is 0 Å². The summed E-state index contributed by atoms with van der Waals surface area (Å²) in [5, 5.41) is 0. The van der Waals surface area contributed by atoms with E-state index >= 15 is 0 Å². The zero-order valence-corrected chi connectivity index (χ0v) is 12.5. The summed E-state index contributed by atoms with van der Waals surface area (Å²) < 4.78 is 8.29. The first-order chi connectivity index (χ1) is 10.3. The second kappa shape index (κ2) is 5.30. The van der Waals surface area contributed by atoms with Crippen LogP contribution in [0.1, 0.15) is 42.4 Å². The number of ether oxygens (including phenoxy) is 1. The van der Waals surface area contributed by atoms with Crippen LogP contribution >= 0.6 is 0 Å². The van der Waals surface area contributed by atoms with Crippen LogP contribution in [0.15, 0.2) is 36.5 Å². The minimum Gasteiger partial charge on any atom is -0.369 e. The summed E-state index contributed by atoms with van der Waals surface area (Å²) >= 11 is 0. The average Bonchev–Trinajstić information content (AvgIpc) is 3.12. The fraction of sp³-hybridized carbons (Fsp3) is 0.500. The monoisotopic (exact) mass is 282 g/mol. The van der Waals surface area contributed by atoms with Gasteiger partial charge in [0.15, 0.2) is 0 Å². The molecule has 110 valence electrons. The normalized spacial score (nSPS) is 26.8. The van der Waals surface area contributed by atoms with Crippen molar-refractivity contribution in [1.29, 1.82) is 0 Å². The van der Waals surface area contributed by atoms with Crippen molar-refractivity contribution >= 4 is 0 Å². The number of aromatic nitrogens is 2. The third-order valence-corrected chi connectivity index (χ3v) is 5.02. The molecule has 0 radical (unpaired) electrons. The Kier molecular flexibility index (Phi) is 3.30. The van der Waals surface area contributed by atoms with E-state index in [-0.39, 0.29) is 0 Å². The molecule has 2 bridgehead atoms. The molecule has 0 N–H and O–H groups in total. The highest BCUT2D eigenvalue weighted by molar-refractivity contribution is 5.13. The number of nitrogens with zero attached hydrogens (tertiary/aromatic N) is 2. The van der Waals surface area contributed by atoms with E-state index < -0.39 is 0 Å². The SMILES string of the molecule is Cc1cn([C@@H]2CC3CC2C3)c(COCc2ccccc2)n1. The number of hydrogen-bond acceptors (Lipinski definition) is 2. The van der Waals surface area contributed by atoms with Crippen LogP contribution in [0.2, 0.25) is 0 Å². The maximum absolute atomic E-state index is 5.88. The Hall–Kier alpha value is -1.61. The molecule has 0 spiro atoms. The van der Waals surface area contributed by atoms with E-state index in [1.54, 1.807) is 0 Å². The molecule has 5 rings (SSSR count). The van der Waals surface area contributed by atoms with Gasteiger partial charge in [0, 0.05) is 12.2 Å². The molecule has 3 heteroatoms. The van der Waals surface area contributed by atoms with E-state index in [1.165, 1.54) is 24.8 Å². The summed E-state index contributed by atoms with van der Waals surface area (Å²) in [6.45, 7) is 3.34. The molecule has 2 aromatic rings. The Morgan fingerprint density at radius 1 is 1.14 bits per heavy atom. The lowest BCUT2D eigenvalue weighted by molar-refractivity contribution is 0.0973. The molecule has 3 aliphatic carbocycles. The van der Waals surface area contributed by atoms with Crippen LogP contribution < -0.4 is 0 Å². The summed E-state index contributed by atoms with van der Waals surface area (Å²) in [4.78, 5) is 4.68. The van der Waals surface area contributed by atoms with E-state index in [0.29, 0.717) is 19.3 Å². The first-order valence-corrected chi connectivity index (χ1v) is 7.95. The largest absolute Gasteiger partial charge is 0.369 e. The van der Waals surface area contributed by atoms with Crippen molar-refractivity contribution in [3.05, 3.63) is 53.6 Å². The summed E-state index contributed by atoms with van der Waals surface area (Å²) in [7, 11) is 0. The Morgan fingerprint density at radius 3 is 2.67 bits per heavy atom. The van der Waals surface area contributed by atoms with E-state index in [9.17, 15) is 0 Å². The van der Waals surface area contributed by atoms with Gasteiger partial charge in [0.05, 0.1) is 12.3 Å². The molecule has 1 atom stereocenters. The average molecular weight is 282 g/mol. The number of rotatable bonds is 5. The Labute approximate surface area is 126 Å². The molecule has 21 heavy (non-hydrogen) atoms. The van der Waals surface area contributed by atoms with Gasteiger partial charge >= 0.3 is 0 Å². The Balaban J connectivity index is 1.43. The second-order valence-corrected chi connectivity index (χ2v) is 6.58. The predicted molar refractivity (Wildman–Crippen MR) is 81.8 cm³/mol. The van der Waals surface area contributed by atoms with Crippen molar-refractivity contribution in [1.82, 2.24) is 9.55 Å². The highest BCUT2D eigenvalue weighted by atomic mass is 16.5. The van der Waals surface area contributed by atoms with Crippen molar-refractivity contribution in [2.24, 2.45) is 11.8 Å². The van der Waals surface area contributed by atoms with Crippen molar-refractivity contribution in [2.75, 3.05) is 0 Å². The first kappa shape index (κ1) is 13.1. The molecule has 0 unspecified atom stereocenters. The van der Waals surface area contributed by atoms with Crippen molar-refractivity contribution in [2.45, 2.75) is 45.4 Å². The van der Waals surface area contributed by atoms with Crippen LogP contribution in [-0.2, 0) is 18.0 Å². The molecule has 3 aliphatic rings. The van der Waals surface area contributed by atoms with Gasteiger partial charge in [-0.3, -0.25) is 0 Å². The van der Waals surface area contributed by atoms with Gasteiger partial charge in [-0.25, -0.2) is 4.98 Å². The zero-order chi connectivity index (χ0) is 14.2. The smallest absolute Gasteiger partial charge is 0.135 e. The predicted octanol–water partition coefficient (Wildman–Crippen LogP) is 3.88.